The molecule has 4 N–H and O–H groups in total. The fourth-order valence-electron chi connectivity index (χ4n) is 3.10. The van der Waals surface area contributed by atoms with Crippen molar-refractivity contribution >= 4 is 29.3 Å². The summed E-state index contributed by atoms with van der Waals surface area (Å²) in [6.45, 7) is 0.783. The number of benzene rings is 2. The van der Waals surface area contributed by atoms with Crippen LogP contribution >= 0.6 is 0 Å². The number of aliphatic carboxylic acids is 1. The number of carbonyl (C=O) groups is 3. The largest absolute Gasteiger partial charge is 0.481 e. The number of nitrogens with one attached hydrogen (secondary N) is 3. The summed E-state index contributed by atoms with van der Waals surface area (Å²) in [7, 11) is 0. The highest BCUT2D eigenvalue weighted by molar-refractivity contribution is 6.00. The molecule has 0 unspecified atom stereocenters. The van der Waals surface area contributed by atoms with Crippen LogP contribution in [0.2, 0.25) is 0 Å². The molecule has 2 aromatic rings. The van der Waals surface area contributed by atoms with E-state index >= 15 is 0 Å². The normalized spacial score (nSPS) is 15.2. The van der Waals surface area contributed by atoms with Crippen molar-refractivity contribution in [3.05, 3.63) is 60.2 Å². The molecule has 29 heavy (non-hydrogen) atoms. The molecule has 1 heterocycles. The van der Waals surface area contributed by atoms with Crippen LogP contribution in [-0.4, -0.2) is 42.8 Å². The molecule has 8 heteroatoms. The van der Waals surface area contributed by atoms with Crippen LogP contribution in [0.15, 0.2) is 54.6 Å². The number of carboxylic acids is 1. The number of anilines is 2. The van der Waals surface area contributed by atoms with Gasteiger partial charge in [-0.3, -0.25) is 9.59 Å². The molecule has 8 nitrogen and oxygen atoms in total. The smallest absolute Gasteiger partial charge is 0.323 e. The third-order valence-corrected chi connectivity index (χ3v) is 4.93. The van der Waals surface area contributed by atoms with E-state index in [9.17, 15) is 19.5 Å². The molecule has 0 bridgehead atoms. The average Bonchev–Trinajstić information content (AvgIpc) is 2.74. The maximum Gasteiger partial charge on any atom is 0.323 e. The van der Waals surface area contributed by atoms with E-state index in [0.717, 1.165) is 0 Å². The summed E-state index contributed by atoms with van der Waals surface area (Å²) in [5, 5.41) is 17.6. The van der Waals surface area contributed by atoms with Gasteiger partial charge in [0.1, 0.15) is 0 Å². The van der Waals surface area contributed by atoms with E-state index in [2.05, 4.69) is 16.0 Å². The van der Waals surface area contributed by atoms with Gasteiger partial charge in [-0.15, -0.1) is 0 Å². The van der Waals surface area contributed by atoms with E-state index < -0.39 is 17.4 Å². The van der Waals surface area contributed by atoms with Gasteiger partial charge in [0, 0.05) is 36.7 Å². The molecule has 152 valence electrons. The van der Waals surface area contributed by atoms with Crippen molar-refractivity contribution in [3.8, 4) is 0 Å². The zero-order chi connectivity index (χ0) is 20.7. The first-order valence-corrected chi connectivity index (χ1v) is 9.31. The van der Waals surface area contributed by atoms with Gasteiger partial charge in [0.05, 0.1) is 5.41 Å². The molecule has 1 fully saturated rings. The summed E-state index contributed by atoms with van der Waals surface area (Å²) < 4.78 is 5.23. The highest BCUT2D eigenvalue weighted by Gasteiger charge is 2.40. The molecule has 1 aliphatic heterocycles. The summed E-state index contributed by atoms with van der Waals surface area (Å²) in [5.41, 5.74) is 0.583. The summed E-state index contributed by atoms with van der Waals surface area (Å²) >= 11 is 0. The van der Waals surface area contributed by atoms with Crippen molar-refractivity contribution in [1.29, 1.82) is 0 Å². The third kappa shape index (κ3) is 5.32. The van der Waals surface area contributed by atoms with Gasteiger partial charge < -0.3 is 25.8 Å². The standard InChI is InChI=1S/C21H23N3O5/c25-18(22-14-21(19(26)27)10-12-29-13-11-21)15-6-8-17(9-7-15)24-20(28)23-16-4-2-1-3-5-16/h1-9H,10-14H2,(H,22,25)(H,26,27)(H2,23,24,28). The van der Waals surface area contributed by atoms with Gasteiger partial charge in [0.25, 0.3) is 5.91 Å². The van der Waals surface area contributed by atoms with Crippen molar-refractivity contribution in [2.45, 2.75) is 12.8 Å². The lowest BCUT2D eigenvalue weighted by Gasteiger charge is -2.33. The van der Waals surface area contributed by atoms with Crippen LogP contribution in [0.25, 0.3) is 0 Å². The van der Waals surface area contributed by atoms with Crippen LogP contribution < -0.4 is 16.0 Å². The van der Waals surface area contributed by atoms with E-state index in [1.165, 1.54) is 0 Å². The molecule has 3 rings (SSSR count). The molecule has 0 aliphatic carbocycles. The Hall–Kier alpha value is -3.39. The highest BCUT2D eigenvalue weighted by Crippen LogP contribution is 2.30. The van der Waals surface area contributed by atoms with E-state index in [-0.39, 0.29) is 12.5 Å². The Morgan fingerprint density at radius 3 is 2.07 bits per heavy atom. The first-order chi connectivity index (χ1) is 14.0. The van der Waals surface area contributed by atoms with Gasteiger partial charge in [-0.25, -0.2) is 4.79 Å². The summed E-state index contributed by atoms with van der Waals surface area (Å²) in [6, 6.07) is 15.0. The van der Waals surface area contributed by atoms with Gasteiger partial charge >= 0.3 is 12.0 Å². The number of amides is 3. The lowest BCUT2D eigenvalue weighted by molar-refractivity contribution is -0.154. The average molecular weight is 397 g/mol. The van der Waals surface area contributed by atoms with Crippen molar-refractivity contribution in [1.82, 2.24) is 5.32 Å². The first-order valence-electron chi connectivity index (χ1n) is 9.31. The second-order valence-electron chi connectivity index (χ2n) is 6.90. The topological polar surface area (TPSA) is 117 Å². The third-order valence-electron chi connectivity index (χ3n) is 4.93. The molecular weight excluding hydrogens is 374 g/mol. The van der Waals surface area contributed by atoms with Crippen LogP contribution in [0.4, 0.5) is 16.2 Å². The Balaban J connectivity index is 1.54. The summed E-state index contributed by atoms with van der Waals surface area (Å²) in [4.78, 5) is 36.1. The van der Waals surface area contributed by atoms with Gasteiger partial charge in [-0.2, -0.15) is 0 Å². The Kier molecular flexibility index (Phi) is 6.46. The monoisotopic (exact) mass is 397 g/mol. The quantitative estimate of drug-likeness (QED) is 0.598. The van der Waals surface area contributed by atoms with Crippen LogP contribution in [0.5, 0.6) is 0 Å². The minimum atomic E-state index is -0.995. The molecule has 1 aliphatic rings. The highest BCUT2D eigenvalue weighted by atomic mass is 16.5. The Morgan fingerprint density at radius 2 is 1.48 bits per heavy atom. The predicted octanol–water partition coefficient (Wildman–Crippen LogP) is 2.94. The number of rotatable bonds is 6. The number of carbonyl (C=O) groups excluding carboxylic acids is 2. The molecule has 3 amide bonds. The van der Waals surface area contributed by atoms with Crippen LogP contribution in [0, 0.1) is 5.41 Å². The second-order valence-corrected chi connectivity index (χ2v) is 6.90. The molecule has 0 atom stereocenters. The van der Waals surface area contributed by atoms with Gasteiger partial charge in [0.2, 0.25) is 0 Å². The van der Waals surface area contributed by atoms with E-state index in [4.69, 9.17) is 4.74 Å². The van der Waals surface area contributed by atoms with Gasteiger partial charge in [0.15, 0.2) is 0 Å². The lowest BCUT2D eigenvalue weighted by Crippen LogP contribution is -2.46. The minimum absolute atomic E-state index is 0.0456. The fraction of sp³-hybridized carbons (Fsp3) is 0.286. The van der Waals surface area contributed by atoms with Gasteiger partial charge in [-0.1, -0.05) is 18.2 Å². The molecule has 2 aromatic carbocycles. The molecule has 0 spiro atoms. The number of para-hydroxylation sites is 1. The number of hydrogen-bond donors (Lipinski definition) is 4. The van der Waals surface area contributed by atoms with E-state index in [0.29, 0.717) is 43.0 Å². The lowest BCUT2D eigenvalue weighted by atomic mass is 9.80. The molecule has 0 saturated carbocycles. The van der Waals surface area contributed by atoms with Crippen LogP contribution in [-0.2, 0) is 9.53 Å². The zero-order valence-electron chi connectivity index (χ0n) is 15.8. The van der Waals surface area contributed by atoms with Crippen LogP contribution in [0.3, 0.4) is 0 Å². The SMILES string of the molecule is O=C(Nc1ccccc1)Nc1ccc(C(=O)NCC2(C(=O)O)CCOCC2)cc1. The molecule has 1 saturated heterocycles. The summed E-state index contributed by atoms with van der Waals surface area (Å²) in [6.07, 6.45) is 0.726. The maximum absolute atomic E-state index is 12.4. The zero-order valence-corrected chi connectivity index (χ0v) is 15.8. The van der Waals surface area contributed by atoms with Gasteiger partial charge in [-0.05, 0) is 49.2 Å². The Morgan fingerprint density at radius 1 is 0.897 bits per heavy atom. The first kappa shape index (κ1) is 20.3. The molecular formula is C21H23N3O5. The Labute approximate surface area is 168 Å². The fourth-order valence-corrected chi connectivity index (χ4v) is 3.10. The van der Waals surface area contributed by atoms with Crippen molar-refractivity contribution in [3.63, 3.8) is 0 Å². The van der Waals surface area contributed by atoms with Crippen molar-refractivity contribution < 1.29 is 24.2 Å². The number of hydrogen-bond acceptors (Lipinski definition) is 4. The van der Waals surface area contributed by atoms with Crippen LogP contribution in [0.1, 0.15) is 23.2 Å². The summed E-state index contributed by atoms with van der Waals surface area (Å²) in [5.74, 6) is -1.29. The second kappa shape index (κ2) is 9.20. The van der Waals surface area contributed by atoms with Crippen molar-refractivity contribution in [2.75, 3.05) is 30.4 Å². The number of ether oxygens (including phenoxy) is 1. The Bertz CT molecular complexity index is 862. The predicted molar refractivity (Wildman–Crippen MR) is 108 cm³/mol. The van der Waals surface area contributed by atoms with E-state index in [1.807, 2.05) is 18.2 Å². The molecule has 0 aromatic heterocycles. The van der Waals surface area contributed by atoms with E-state index in [1.54, 1.807) is 36.4 Å². The van der Waals surface area contributed by atoms with Crippen molar-refractivity contribution in [2.24, 2.45) is 5.41 Å². The number of carboxylic acid groups (broad SMARTS) is 1. The molecule has 0 radical (unpaired) electrons. The number of urea groups is 1. The minimum Gasteiger partial charge on any atom is -0.481 e. The maximum atomic E-state index is 12.4.